The van der Waals surface area contributed by atoms with Crippen LogP contribution in [0.1, 0.15) is 24.3 Å². The molecule has 1 fully saturated rings. The van der Waals surface area contributed by atoms with Crippen LogP contribution in [0.3, 0.4) is 0 Å². The van der Waals surface area contributed by atoms with E-state index in [0.717, 1.165) is 32.7 Å². The Morgan fingerprint density at radius 3 is 2.50 bits per heavy atom. The summed E-state index contributed by atoms with van der Waals surface area (Å²) in [5.41, 5.74) is 6.84. The zero-order chi connectivity index (χ0) is 13.1. The first kappa shape index (κ1) is 12.9. The fraction of sp³-hybridized carbons (Fsp3) is 0.667. The van der Waals surface area contributed by atoms with Gasteiger partial charge in [0.1, 0.15) is 5.69 Å². The number of hydrogen-bond acceptors (Lipinski definition) is 4. The van der Waals surface area contributed by atoms with E-state index in [1.165, 1.54) is 0 Å². The Balaban J connectivity index is 2.10. The first-order valence-electron chi connectivity index (χ1n) is 6.50. The van der Waals surface area contributed by atoms with Gasteiger partial charge in [0.05, 0.1) is 11.9 Å². The van der Waals surface area contributed by atoms with E-state index in [1.54, 1.807) is 10.9 Å². The van der Waals surface area contributed by atoms with Gasteiger partial charge in [0.15, 0.2) is 0 Å². The van der Waals surface area contributed by atoms with Crippen molar-refractivity contribution in [2.75, 3.05) is 38.5 Å². The molecule has 6 nitrogen and oxygen atoms in total. The summed E-state index contributed by atoms with van der Waals surface area (Å²) in [6.45, 7) is 9.19. The van der Waals surface area contributed by atoms with Crippen LogP contribution in [0.2, 0.25) is 0 Å². The average Bonchev–Trinajstić information content (AvgIpc) is 2.79. The monoisotopic (exact) mass is 251 g/mol. The molecule has 1 aromatic rings. The molecule has 18 heavy (non-hydrogen) atoms. The number of nitrogen functional groups attached to an aromatic ring is 1. The standard InChI is InChI=1S/C12H21N5O/c1-3-15-5-7-16(8-6-15)12(18)11-10(13)9-14-17(11)4-2/h9H,3-8,13H2,1-2H3. The smallest absolute Gasteiger partial charge is 0.274 e. The Morgan fingerprint density at radius 1 is 1.28 bits per heavy atom. The molecule has 2 N–H and O–H groups in total. The van der Waals surface area contributed by atoms with Gasteiger partial charge in [-0.25, -0.2) is 0 Å². The number of piperazine rings is 1. The Hall–Kier alpha value is -1.56. The zero-order valence-electron chi connectivity index (χ0n) is 11.1. The molecular formula is C12H21N5O. The Kier molecular flexibility index (Phi) is 3.86. The van der Waals surface area contributed by atoms with Crippen molar-refractivity contribution in [2.45, 2.75) is 20.4 Å². The molecular weight excluding hydrogens is 230 g/mol. The molecule has 0 spiro atoms. The molecule has 0 aromatic carbocycles. The van der Waals surface area contributed by atoms with Crippen molar-refractivity contribution in [1.29, 1.82) is 0 Å². The van der Waals surface area contributed by atoms with Crippen molar-refractivity contribution in [3.05, 3.63) is 11.9 Å². The average molecular weight is 251 g/mol. The van der Waals surface area contributed by atoms with Crippen LogP contribution >= 0.6 is 0 Å². The highest BCUT2D eigenvalue weighted by Gasteiger charge is 2.25. The number of carbonyl (C=O) groups is 1. The maximum atomic E-state index is 12.4. The van der Waals surface area contributed by atoms with Gasteiger partial charge >= 0.3 is 0 Å². The molecule has 0 bridgehead atoms. The predicted octanol–water partition coefficient (Wildman–Crippen LogP) is 0.263. The van der Waals surface area contributed by atoms with Gasteiger partial charge in [-0.3, -0.25) is 9.48 Å². The lowest BCUT2D eigenvalue weighted by atomic mass is 10.2. The van der Waals surface area contributed by atoms with Crippen molar-refractivity contribution in [2.24, 2.45) is 0 Å². The van der Waals surface area contributed by atoms with E-state index in [4.69, 9.17) is 5.73 Å². The van der Waals surface area contributed by atoms with E-state index in [1.807, 2.05) is 11.8 Å². The van der Waals surface area contributed by atoms with Crippen LogP contribution in [-0.2, 0) is 6.54 Å². The molecule has 0 radical (unpaired) electrons. The van der Waals surface area contributed by atoms with E-state index >= 15 is 0 Å². The van der Waals surface area contributed by atoms with Crippen LogP contribution in [0, 0.1) is 0 Å². The van der Waals surface area contributed by atoms with Crippen molar-refractivity contribution < 1.29 is 4.79 Å². The minimum Gasteiger partial charge on any atom is -0.396 e. The number of nitrogens with two attached hydrogens (primary N) is 1. The summed E-state index contributed by atoms with van der Waals surface area (Å²) in [6.07, 6.45) is 1.55. The van der Waals surface area contributed by atoms with Crippen LogP contribution < -0.4 is 5.73 Å². The zero-order valence-corrected chi connectivity index (χ0v) is 11.1. The van der Waals surface area contributed by atoms with Crippen LogP contribution in [0.5, 0.6) is 0 Å². The van der Waals surface area contributed by atoms with Gasteiger partial charge in [-0.1, -0.05) is 6.92 Å². The highest BCUT2D eigenvalue weighted by atomic mass is 16.2. The maximum absolute atomic E-state index is 12.4. The molecule has 100 valence electrons. The molecule has 0 aliphatic carbocycles. The Morgan fingerprint density at radius 2 is 1.94 bits per heavy atom. The molecule has 0 atom stereocenters. The highest BCUT2D eigenvalue weighted by Crippen LogP contribution is 2.15. The second-order valence-corrected chi connectivity index (χ2v) is 4.49. The van der Waals surface area contributed by atoms with Crippen LogP contribution in [0.25, 0.3) is 0 Å². The van der Waals surface area contributed by atoms with E-state index in [2.05, 4.69) is 16.9 Å². The number of nitrogens with zero attached hydrogens (tertiary/aromatic N) is 4. The van der Waals surface area contributed by atoms with Crippen molar-refractivity contribution in [3.63, 3.8) is 0 Å². The molecule has 0 saturated carbocycles. The molecule has 2 rings (SSSR count). The largest absolute Gasteiger partial charge is 0.396 e. The lowest BCUT2D eigenvalue weighted by Gasteiger charge is -2.34. The number of aromatic nitrogens is 2. The number of rotatable bonds is 3. The molecule has 6 heteroatoms. The van der Waals surface area contributed by atoms with E-state index in [0.29, 0.717) is 17.9 Å². The van der Waals surface area contributed by atoms with Gasteiger partial charge in [-0.2, -0.15) is 5.10 Å². The van der Waals surface area contributed by atoms with Crippen molar-refractivity contribution in [3.8, 4) is 0 Å². The molecule has 0 unspecified atom stereocenters. The van der Waals surface area contributed by atoms with Gasteiger partial charge in [-0.05, 0) is 13.5 Å². The third-order valence-corrected chi connectivity index (χ3v) is 3.48. The van der Waals surface area contributed by atoms with E-state index < -0.39 is 0 Å². The van der Waals surface area contributed by atoms with Gasteiger partial charge < -0.3 is 15.5 Å². The maximum Gasteiger partial charge on any atom is 0.274 e. The summed E-state index contributed by atoms with van der Waals surface area (Å²) < 4.78 is 1.67. The number of likely N-dealkylation sites (N-methyl/N-ethyl adjacent to an activating group) is 1. The van der Waals surface area contributed by atoms with Crippen molar-refractivity contribution in [1.82, 2.24) is 19.6 Å². The summed E-state index contributed by atoms with van der Waals surface area (Å²) in [7, 11) is 0. The minimum absolute atomic E-state index is 0.00241. The molecule has 1 aliphatic heterocycles. The molecule has 1 aromatic heterocycles. The quantitative estimate of drug-likeness (QED) is 0.837. The topological polar surface area (TPSA) is 67.4 Å². The van der Waals surface area contributed by atoms with E-state index in [-0.39, 0.29) is 5.91 Å². The second-order valence-electron chi connectivity index (χ2n) is 4.49. The van der Waals surface area contributed by atoms with Gasteiger partial charge in [0, 0.05) is 32.7 Å². The molecule has 2 heterocycles. The van der Waals surface area contributed by atoms with E-state index in [9.17, 15) is 4.79 Å². The number of anilines is 1. The predicted molar refractivity (Wildman–Crippen MR) is 70.3 cm³/mol. The van der Waals surface area contributed by atoms with Crippen LogP contribution in [0.4, 0.5) is 5.69 Å². The fourth-order valence-electron chi connectivity index (χ4n) is 2.29. The lowest BCUT2D eigenvalue weighted by Crippen LogP contribution is -2.49. The lowest BCUT2D eigenvalue weighted by molar-refractivity contribution is 0.0632. The van der Waals surface area contributed by atoms with Crippen LogP contribution in [-0.4, -0.2) is 58.2 Å². The van der Waals surface area contributed by atoms with Crippen LogP contribution in [0.15, 0.2) is 6.20 Å². The first-order valence-corrected chi connectivity index (χ1v) is 6.50. The number of aryl methyl sites for hydroxylation is 1. The molecule has 1 amide bonds. The van der Waals surface area contributed by atoms with Gasteiger partial charge in [0.25, 0.3) is 5.91 Å². The summed E-state index contributed by atoms with van der Waals surface area (Å²) in [5, 5.41) is 4.11. The van der Waals surface area contributed by atoms with Crippen molar-refractivity contribution >= 4 is 11.6 Å². The Bertz CT molecular complexity index is 420. The molecule has 1 aliphatic rings. The van der Waals surface area contributed by atoms with Gasteiger partial charge in [-0.15, -0.1) is 0 Å². The minimum atomic E-state index is 0.00241. The highest BCUT2D eigenvalue weighted by molar-refractivity contribution is 5.97. The van der Waals surface area contributed by atoms with Gasteiger partial charge in [0.2, 0.25) is 0 Å². The molecule has 1 saturated heterocycles. The third-order valence-electron chi connectivity index (χ3n) is 3.48. The summed E-state index contributed by atoms with van der Waals surface area (Å²) in [5.74, 6) is 0.00241. The summed E-state index contributed by atoms with van der Waals surface area (Å²) >= 11 is 0. The Labute approximate surface area is 107 Å². The number of hydrogen-bond donors (Lipinski definition) is 1. The first-order chi connectivity index (χ1) is 8.67. The SMILES string of the molecule is CCN1CCN(C(=O)c2c(N)cnn2CC)CC1. The summed E-state index contributed by atoms with van der Waals surface area (Å²) in [6, 6.07) is 0. The third kappa shape index (κ3) is 2.33. The summed E-state index contributed by atoms with van der Waals surface area (Å²) in [4.78, 5) is 16.6. The fourth-order valence-corrected chi connectivity index (χ4v) is 2.29. The number of carbonyl (C=O) groups excluding carboxylic acids is 1. The number of amides is 1. The normalized spacial score (nSPS) is 17.1. The second kappa shape index (κ2) is 5.39.